The summed E-state index contributed by atoms with van der Waals surface area (Å²) in [6, 6.07) is 15.4. The Hall–Kier alpha value is -4.92. The summed E-state index contributed by atoms with van der Waals surface area (Å²) in [6.07, 6.45) is 11.0. The van der Waals surface area contributed by atoms with Gasteiger partial charge in [0.05, 0.1) is 40.7 Å². The Morgan fingerprint density at radius 1 is 1.00 bits per heavy atom. The van der Waals surface area contributed by atoms with Gasteiger partial charge in [-0.2, -0.15) is 5.10 Å². The summed E-state index contributed by atoms with van der Waals surface area (Å²) in [5.41, 5.74) is 5.61. The van der Waals surface area contributed by atoms with E-state index in [9.17, 15) is 4.79 Å². The molecule has 1 aromatic carbocycles. The first-order valence-corrected chi connectivity index (χ1v) is 11.7. The highest BCUT2D eigenvalue weighted by Gasteiger charge is 2.36. The zero-order chi connectivity index (χ0) is 24.1. The number of hydrogen-bond acceptors (Lipinski definition) is 6. The molecular formula is C27H20N8O. The second-order valence-corrected chi connectivity index (χ2v) is 8.77. The van der Waals surface area contributed by atoms with Crippen molar-refractivity contribution in [2.75, 3.05) is 6.54 Å². The van der Waals surface area contributed by atoms with Crippen LogP contribution in [0.25, 0.3) is 27.5 Å². The van der Waals surface area contributed by atoms with E-state index in [2.05, 4.69) is 31.1 Å². The second-order valence-electron chi connectivity index (χ2n) is 8.77. The molecule has 1 amide bonds. The van der Waals surface area contributed by atoms with Crippen molar-refractivity contribution in [1.29, 1.82) is 0 Å². The van der Waals surface area contributed by atoms with Gasteiger partial charge < -0.3 is 9.88 Å². The Kier molecular flexibility index (Phi) is 4.60. The SMILES string of the molecule is O=C(c1cnn2cc(-c3ccncn3)ccc12)N1CCc2[nH]cnc2[C@H]1c1cc2ccccc2cn1. The van der Waals surface area contributed by atoms with Crippen LogP contribution in [0.15, 0.2) is 86.0 Å². The lowest BCUT2D eigenvalue weighted by Gasteiger charge is -2.34. The second kappa shape index (κ2) is 8.09. The number of benzene rings is 1. The monoisotopic (exact) mass is 472 g/mol. The number of pyridine rings is 2. The van der Waals surface area contributed by atoms with E-state index in [0.29, 0.717) is 18.5 Å². The molecule has 0 bridgehead atoms. The van der Waals surface area contributed by atoms with Crippen LogP contribution in [-0.4, -0.2) is 51.9 Å². The molecule has 174 valence electrons. The number of H-pyrrole nitrogens is 1. The van der Waals surface area contributed by atoms with Gasteiger partial charge in [-0.3, -0.25) is 9.78 Å². The first kappa shape index (κ1) is 20.5. The van der Waals surface area contributed by atoms with Crippen molar-refractivity contribution in [3.8, 4) is 11.3 Å². The molecule has 9 heteroatoms. The molecule has 1 aliphatic rings. The average molecular weight is 473 g/mol. The molecule has 1 atom stereocenters. The molecule has 36 heavy (non-hydrogen) atoms. The summed E-state index contributed by atoms with van der Waals surface area (Å²) >= 11 is 0. The number of carbonyl (C=O) groups excluding carboxylic acids is 1. The highest BCUT2D eigenvalue weighted by atomic mass is 16.2. The van der Waals surface area contributed by atoms with Crippen LogP contribution in [0.4, 0.5) is 0 Å². The summed E-state index contributed by atoms with van der Waals surface area (Å²) in [4.78, 5) is 36.7. The lowest BCUT2D eigenvalue weighted by molar-refractivity contribution is 0.0689. The molecule has 5 aromatic heterocycles. The molecule has 6 aromatic rings. The normalized spacial score (nSPS) is 15.3. The van der Waals surface area contributed by atoms with Crippen LogP contribution < -0.4 is 0 Å². The lowest BCUT2D eigenvalue weighted by Crippen LogP contribution is -2.41. The van der Waals surface area contributed by atoms with Crippen molar-refractivity contribution in [1.82, 2.24) is 39.4 Å². The maximum Gasteiger partial charge on any atom is 0.258 e. The number of nitrogens with one attached hydrogen (secondary N) is 1. The van der Waals surface area contributed by atoms with Gasteiger partial charge in [-0.05, 0) is 29.7 Å². The number of rotatable bonds is 3. The fraction of sp³-hybridized carbons (Fsp3) is 0.111. The number of imidazole rings is 1. The van der Waals surface area contributed by atoms with Gasteiger partial charge in [0, 0.05) is 48.2 Å². The topological polar surface area (TPSA) is 105 Å². The summed E-state index contributed by atoms with van der Waals surface area (Å²) < 4.78 is 1.72. The summed E-state index contributed by atoms with van der Waals surface area (Å²) in [6.45, 7) is 0.545. The molecular weight excluding hydrogens is 452 g/mol. The fourth-order valence-corrected chi connectivity index (χ4v) is 4.96. The number of fused-ring (bicyclic) bond motifs is 3. The van der Waals surface area contributed by atoms with Gasteiger partial charge in [-0.15, -0.1) is 0 Å². The number of hydrogen-bond donors (Lipinski definition) is 1. The number of aromatic amines is 1. The first-order chi connectivity index (χ1) is 17.8. The molecule has 0 unspecified atom stereocenters. The Labute approximate surface area is 205 Å². The molecule has 0 fully saturated rings. The quantitative estimate of drug-likeness (QED) is 0.420. The third kappa shape index (κ3) is 3.24. The molecule has 0 aliphatic carbocycles. The molecule has 0 radical (unpaired) electrons. The molecule has 0 saturated carbocycles. The van der Waals surface area contributed by atoms with Gasteiger partial charge >= 0.3 is 0 Å². The molecule has 6 heterocycles. The zero-order valence-corrected chi connectivity index (χ0v) is 19.1. The van der Waals surface area contributed by atoms with Crippen molar-refractivity contribution in [3.63, 3.8) is 0 Å². The van der Waals surface area contributed by atoms with Gasteiger partial charge in [0.2, 0.25) is 0 Å². The predicted octanol–water partition coefficient (Wildman–Crippen LogP) is 3.85. The molecule has 0 spiro atoms. The molecule has 1 N–H and O–H groups in total. The van der Waals surface area contributed by atoms with E-state index in [0.717, 1.165) is 44.6 Å². The van der Waals surface area contributed by atoms with Crippen LogP contribution in [0.5, 0.6) is 0 Å². The minimum atomic E-state index is -0.396. The van der Waals surface area contributed by atoms with Crippen LogP contribution in [0, 0.1) is 0 Å². The number of nitrogens with zero attached hydrogens (tertiary/aromatic N) is 7. The molecule has 0 saturated heterocycles. The van der Waals surface area contributed by atoms with Crippen molar-refractivity contribution in [3.05, 3.63) is 109 Å². The van der Waals surface area contributed by atoms with Gasteiger partial charge in [0.15, 0.2) is 0 Å². The zero-order valence-electron chi connectivity index (χ0n) is 19.1. The summed E-state index contributed by atoms with van der Waals surface area (Å²) in [7, 11) is 0. The standard InChI is InChI=1S/C27H20N8O/c36-27(20-13-33-35-14-19(5-6-24(20)35)21-7-9-28-15-30-21)34-10-8-22-25(32-16-31-22)26(34)23-11-17-3-1-2-4-18(17)12-29-23/h1-7,9,11-16,26H,8,10H2,(H,31,32)/t26-/m1/s1. The van der Waals surface area contributed by atoms with Gasteiger partial charge in [-0.1, -0.05) is 24.3 Å². The Balaban J connectivity index is 1.30. The van der Waals surface area contributed by atoms with Gasteiger partial charge in [0.25, 0.3) is 5.91 Å². The van der Waals surface area contributed by atoms with E-state index in [4.69, 9.17) is 4.98 Å². The summed E-state index contributed by atoms with van der Waals surface area (Å²) in [5.74, 6) is -0.103. The van der Waals surface area contributed by atoms with Crippen molar-refractivity contribution < 1.29 is 4.79 Å². The number of aromatic nitrogens is 7. The Bertz CT molecular complexity index is 1740. The van der Waals surface area contributed by atoms with E-state index < -0.39 is 6.04 Å². The Morgan fingerprint density at radius 3 is 2.81 bits per heavy atom. The lowest BCUT2D eigenvalue weighted by atomic mass is 9.97. The van der Waals surface area contributed by atoms with Gasteiger partial charge in [0.1, 0.15) is 12.4 Å². The molecule has 7 rings (SSSR count). The predicted molar refractivity (Wildman–Crippen MR) is 133 cm³/mol. The highest BCUT2D eigenvalue weighted by Crippen LogP contribution is 2.35. The third-order valence-corrected chi connectivity index (χ3v) is 6.74. The largest absolute Gasteiger partial charge is 0.348 e. The first-order valence-electron chi connectivity index (χ1n) is 11.7. The van der Waals surface area contributed by atoms with E-state index in [1.54, 1.807) is 23.2 Å². The van der Waals surface area contributed by atoms with Crippen LogP contribution in [0.3, 0.4) is 0 Å². The van der Waals surface area contributed by atoms with Crippen LogP contribution in [-0.2, 0) is 6.42 Å². The molecule has 1 aliphatic heterocycles. The van der Waals surface area contributed by atoms with E-state index in [1.807, 2.05) is 59.8 Å². The third-order valence-electron chi connectivity index (χ3n) is 6.74. The average Bonchev–Trinajstić information content (AvgIpc) is 3.59. The minimum Gasteiger partial charge on any atom is -0.348 e. The maximum atomic E-state index is 14.0. The number of carbonyl (C=O) groups is 1. The number of amides is 1. The van der Waals surface area contributed by atoms with E-state index in [1.165, 1.54) is 6.33 Å². The van der Waals surface area contributed by atoms with Crippen molar-refractivity contribution in [2.45, 2.75) is 12.5 Å². The summed E-state index contributed by atoms with van der Waals surface area (Å²) in [5, 5.41) is 6.61. The maximum absolute atomic E-state index is 14.0. The molecule has 9 nitrogen and oxygen atoms in total. The van der Waals surface area contributed by atoms with Crippen molar-refractivity contribution in [2.24, 2.45) is 0 Å². The van der Waals surface area contributed by atoms with Crippen LogP contribution >= 0.6 is 0 Å². The van der Waals surface area contributed by atoms with E-state index >= 15 is 0 Å². The van der Waals surface area contributed by atoms with Crippen molar-refractivity contribution >= 4 is 22.2 Å². The fourth-order valence-electron chi connectivity index (χ4n) is 4.96. The van der Waals surface area contributed by atoms with Crippen LogP contribution in [0.1, 0.15) is 33.5 Å². The van der Waals surface area contributed by atoms with E-state index in [-0.39, 0.29) is 5.91 Å². The van der Waals surface area contributed by atoms with Crippen LogP contribution in [0.2, 0.25) is 0 Å². The smallest absolute Gasteiger partial charge is 0.258 e. The van der Waals surface area contributed by atoms with Gasteiger partial charge in [-0.25, -0.2) is 19.5 Å². The minimum absolute atomic E-state index is 0.103. The highest BCUT2D eigenvalue weighted by molar-refractivity contribution is 6.01. The Morgan fingerprint density at radius 2 is 1.92 bits per heavy atom.